The molecule has 1 aromatic rings. The molecule has 0 spiro atoms. The molecule has 1 N–H and O–H groups in total. The molecule has 0 radical (unpaired) electrons. The van der Waals surface area contributed by atoms with Gasteiger partial charge >= 0.3 is 0 Å². The van der Waals surface area contributed by atoms with Gasteiger partial charge in [0.15, 0.2) is 0 Å². The first-order valence-electron chi connectivity index (χ1n) is 6.33. The summed E-state index contributed by atoms with van der Waals surface area (Å²) in [4.78, 5) is 0. The molecule has 98 valence electrons. The number of benzene rings is 1. The third kappa shape index (κ3) is 1.93. The van der Waals surface area contributed by atoms with Crippen molar-refractivity contribution in [3.63, 3.8) is 0 Å². The summed E-state index contributed by atoms with van der Waals surface area (Å²) >= 11 is 7.13. The molecule has 3 rings (SSSR count). The van der Waals surface area contributed by atoms with Crippen molar-refractivity contribution in [2.24, 2.45) is 11.3 Å². The van der Waals surface area contributed by atoms with E-state index in [1.807, 2.05) is 6.07 Å². The van der Waals surface area contributed by atoms with Crippen molar-refractivity contribution in [3.8, 4) is 0 Å². The van der Waals surface area contributed by atoms with Crippen LogP contribution >= 0.6 is 31.9 Å². The lowest BCUT2D eigenvalue weighted by atomic mass is 9.57. The number of ether oxygens (including phenoxy) is 1. The Morgan fingerprint density at radius 2 is 2.11 bits per heavy atom. The van der Waals surface area contributed by atoms with Gasteiger partial charge in [-0.2, -0.15) is 0 Å². The van der Waals surface area contributed by atoms with Gasteiger partial charge < -0.3 is 10.1 Å². The molecule has 1 aliphatic heterocycles. The number of fused-ring (bicyclic) bond motifs is 1. The van der Waals surface area contributed by atoms with Crippen molar-refractivity contribution in [1.29, 1.82) is 0 Å². The van der Waals surface area contributed by atoms with Crippen molar-refractivity contribution in [1.82, 2.24) is 0 Å². The molecule has 0 aromatic heterocycles. The fourth-order valence-corrected chi connectivity index (χ4v) is 4.12. The fraction of sp³-hybridized carbons (Fsp3) is 0.571. The summed E-state index contributed by atoms with van der Waals surface area (Å²) in [7, 11) is 0. The number of halogens is 2. The van der Waals surface area contributed by atoms with E-state index in [-0.39, 0.29) is 5.41 Å². The molecule has 1 aromatic carbocycles. The summed E-state index contributed by atoms with van der Waals surface area (Å²) in [5.74, 6) is 0.658. The van der Waals surface area contributed by atoms with Gasteiger partial charge in [-0.15, -0.1) is 0 Å². The maximum absolute atomic E-state index is 5.83. The first-order chi connectivity index (χ1) is 8.50. The zero-order valence-corrected chi connectivity index (χ0v) is 13.7. The molecule has 2 fully saturated rings. The Kier molecular flexibility index (Phi) is 3.23. The predicted molar refractivity (Wildman–Crippen MR) is 80.9 cm³/mol. The molecular formula is C14H17Br2NO. The molecule has 3 unspecified atom stereocenters. The van der Waals surface area contributed by atoms with Gasteiger partial charge in [-0.05, 0) is 40.5 Å². The SMILES string of the molecule is CC1(C)C(Nc2cc(Br)ccc2Br)C2CCOC21. The minimum absolute atomic E-state index is 0.211. The van der Waals surface area contributed by atoms with Gasteiger partial charge in [-0.3, -0.25) is 0 Å². The molecule has 1 saturated carbocycles. The van der Waals surface area contributed by atoms with Gasteiger partial charge in [0.05, 0.1) is 6.10 Å². The average molecular weight is 375 g/mol. The largest absolute Gasteiger partial charge is 0.380 e. The number of hydrogen-bond acceptors (Lipinski definition) is 2. The van der Waals surface area contributed by atoms with Crippen LogP contribution in [0.15, 0.2) is 27.1 Å². The van der Waals surface area contributed by atoms with Crippen LogP contribution in [0.25, 0.3) is 0 Å². The zero-order chi connectivity index (χ0) is 12.9. The van der Waals surface area contributed by atoms with E-state index in [0.717, 1.165) is 21.2 Å². The summed E-state index contributed by atoms with van der Waals surface area (Å²) in [5, 5.41) is 3.69. The van der Waals surface area contributed by atoms with Crippen LogP contribution in [0.1, 0.15) is 20.3 Å². The average Bonchev–Trinajstić information content (AvgIpc) is 2.77. The molecule has 18 heavy (non-hydrogen) atoms. The maximum atomic E-state index is 5.83. The molecule has 0 bridgehead atoms. The zero-order valence-electron chi connectivity index (χ0n) is 10.5. The molecule has 1 heterocycles. The first kappa shape index (κ1) is 12.9. The highest BCUT2D eigenvalue weighted by Crippen LogP contribution is 2.53. The van der Waals surface area contributed by atoms with Crippen LogP contribution in [-0.4, -0.2) is 18.8 Å². The van der Waals surface area contributed by atoms with E-state index in [0.29, 0.717) is 18.1 Å². The molecular weight excluding hydrogens is 358 g/mol. The Balaban J connectivity index is 1.82. The molecule has 2 aliphatic rings. The van der Waals surface area contributed by atoms with Crippen molar-refractivity contribution in [3.05, 3.63) is 27.1 Å². The van der Waals surface area contributed by atoms with E-state index in [4.69, 9.17) is 4.74 Å². The topological polar surface area (TPSA) is 21.3 Å². The summed E-state index contributed by atoms with van der Waals surface area (Å²) in [5.41, 5.74) is 1.37. The van der Waals surface area contributed by atoms with Crippen molar-refractivity contribution in [2.45, 2.75) is 32.4 Å². The van der Waals surface area contributed by atoms with Crippen LogP contribution in [0.3, 0.4) is 0 Å². The van der Waals surface area contributed by atoms with Gasteiger partial charge in [0.25, 0.3) is 0 Å². The lowest BCUT2D eigenvalue weighted by molar-refractivity contribution is -0.0923. The van der Waals surface area contributed by atoms with Crippen LogP contribution in [0.2, 0.25) is 0 Å². The normalized spacial score (nSPS) is 32.8. The molecule has 2 nitrogen and oxygen atoms in total. The van der Waals surface area contributed by atoms with Crippen molar-refractivity contribution < 1.29 is 4.74 Å². The molecule has 4 heteroatoms. The van der Waals surface area contributed by atoms with Gasteiger partial charge in [0, 0.05) is 38.6 Å². The third-order valence-corrected chi connectivity index (χ3v) is 5.52. The van der Waals surface area contributed by atoms with E-state index in [9.17, 15) is 0 Å². The third-order valence-electron chi connectivity index (χ3n) is 4.34. The van der Waals surface area contributed by atoms with Crippen molar-refractivity contribution in [2.75, 3.05) is 11.9 Å². The lowest BCUT2D eigenvalue weighted by Gasteiger charge is -2.55. The van der Waals surface area contributed by atoms with E-state index in [1.165, 1.54) is 6.42 Å². The van der Waals surface area contributed by atoms with Crippen LogP contribution < -0.4 is 5.32 Å². The highest BCUT2D eigenvalue weighted by atomic mass is 79.9. The molecule has 0 amide bonds. The van der Waals surface area contributed by atoms with Crippen LogP contribution in [0.4, 0.5) is 5.69 Å². The standard InChI is InChI=1S/C14H17Br2NO/c1-14(2)12(9-5-6-18-13(9)14)17-11-7-8(15)3-4-10(11)16/h3-4,7,9,12-13,17H,5-6H2,1-2H3. The first-order valence-corrected chi connectivity index (χ1v) is 7.92. The van der Waals surface area contributed by atoms with E-state index in [2.05, 4.69) is 63.2 Å². The summed E-state index contributed by atoms with van der Waals surface area (Å²) in [6.45, 7) is 5.50. The van der Waals surface area contributed by atoms with Crippen molar-refractivity contribution >= 4 is 37.5 Å². The van der Waals surface area contributed by atoms with Gasteiger partial charge in [0.2, 0.25) is 0 Å². The Hall–Kier alpha value is -0.0600. The minimum atomic E-state index is 0.211. The summed E-state index contributed by atoms with van der Waals surface area (Å²) < 4.78 is 8.04. The molecule has 3 atom stereocenters. The molecule has 1 saturated heterocycles. The van der Waals surface area contributed by atoms with E-state index >= 15 is 0 Å². The summed E-state index contributed by atoms with van der Waals surface area (Å²) in [6, 6.07) is 6.74. The van der Waals surface area contributed by atoms with Gasteiger partial charge in [-0.1, -0.05) is 29.8 Å². The second-order valence-electron chi connectivity index (χ2n) is 5.81. The van der Waals surface area contributed by atoms with E-state index in [1.54, 1.807) is 0 Å². The van der Waals surface area contributed by atoms with Gasteiger partial charge in [0.1, 0.15) is 0 Å². The quantitative estimate of drug-likeness (QED) is 0.826. The minimum Gasteiger partial charge on any atom is -0.380 e. The van der Waals surface area contributed by atoms with E-state index < -0.39 is 0 Å². The number of nitrogens with one attached hydrogen (secondary N) is 1. The highest BCUT2D eigenvalue weighted by Gasteiger charge is 2.59. The molecule has 1 aliphatic carbocycles. The van der Waals surface area contributed by atoms with Crippen LogP contribution in [0.5, 0.6) is 0 Å². The fourth-order valence-electron chi connectivity index (χ4n) is 3.39. The smallest absolute Gasteiger partial charge is 0.0694 e. The van der Waals surface area contributed by atoms with Crippen LogP contribution in [0, 0.1) is 11.3 Å². The number of anilines is 1. The highest BCUT2D eigenvalue weighted by molar-refractivity contribution is 9.11. The number of hydrogen-bond donors (Lipinski definition) is 1. The van der Waals surface area contributed by atoms with Gasteiger partial charge in [-0.25, -0.2) is 0 Å². The monoisotopic (exact) mass is 373 g/mol. The Labute approximate surface area is 125 Å². The maximum Gasteiger partial charge on any atom is 0.0694 e. The lowest BCUT2D eigenvalue weighted by Crippen LogP contribution is -2.63. The number of rotatable bonds is 2. The Morgan fingerprint density at radius 3 is 2.89 bits per heavy atom. The second kappa shape index (κ2) is 4.50. The van der Waals surface area contributed by atoms with Crippen LogP contribution in [-0.2, 0) is 4.74 Å². The Morgan fingerprint density at radius 1 is 1.33 bits per heavy atom. The Bertz CT molecular complexity index is 475. The summed E-state index contributed by atoms with van der Waals surface area (Å²) in [6.07, 6.45) is 1.61. The predicted octanol–water partition coefficient (Wildman–Crippen LogP) is 4.44. The second-order valence-corrected chi connectivity index (χ2v) is 7.58.